The standard InChI is InChI=1S/C15H20FNO2/c1-11-10-13(16)5-4-12(11)6-9-17-14(18)15(19)7-2-3-8-15/h4-5,10,19H,2-3,6-9H2,1H3,(H,17,18). The summed E-state index contributed by atoms with van der Waals surface area (Å²) in [6, 6.07) is 4.65. The van der Waals surface area contributed by atoms with Gasteiger partial charge in [0.15, 0.2) is 0 Å². The van der Waals surface area contributed by atoms with Crippen LogP contribution in [0.2, 0.25) is 0 Å². The van der Waals surface area contributed by atoms with Crippen molar-refractivity contribution in [2.24, 2.45) is 0 Å². The predicted molar refractivity (Wildman–Crippen MR) is 71.3 cm³/mol. The maximum Gasteiger partial charge on any atom is 0.251 e. The maximum absolute atomic E-state index is 12.9. The first kappa shape index (κ1) is 14.0. The molecule has 0 atom stereocenters. The fourth-order valence-electron chi connectivity index (χ4n) is 2.60. The van der Waals surface area contributed by atoms with E-state index >= 15 is 0 Å². The van der Waals surface area contributed by atoms with Crippen LogP contribution in [0, 0.1) is 12.7 Å². The van der Waals surface area contributed by atoms with E-state index in [1.54, 1.807) is 6.07 Å². The molecule has 1 fully saturated rings. The Hall–Kier alpha value is -1.42. The van der Waals surface area contributed by atoms with Gasteiger partial charge in [0.05, 0.1) is 0 Å². The molecule has 19 heavy (non-hydrogen) atoms. The molecule has 0 saturated heterocycles. The number of carbonyl (C=O) groups is 1. The van der Waals surface area contributed by atoms with Crippen LogP contribution in [0.5, 0.6) is 0 Å². The molecule has 104 valence electrons. The van der Waals surface area contributed by atoms with Crippen molar-refractivity contribution in [2.45, 2.75) is 44.6 Å². The van der Waals surface area contributed by atoms with Crippen LogP contribution in [0.15, 0.2) is 18.2 Å². The summed E-state index contributed by atoms with van der Waals surface area (Å²) in [6.45, 7) is 2.32. The Morgan fingerprint density at radius 3 is 2.74 bits per heavy atom. The second-order valence-corrected chi connectivity index (χ2v) is 5.32. The number of hydrogen-bond donors (Lipinski definition) is 2. The van der Waals surface area contributed by atoms with Gasteiger partial charge in [-0.25, -0.2) is 4.39 Å². The highest BCUT2D eigenvalue weighted by molar-refractivity contribution is 5.85. The van der Waals surface area contributed by atoms with E-state index in [-0.39, 0.29) is 11.7 Å². The van der Waals surface area contributed by atoms with E-state index in [0.717, 1.165) is 24.0 Å². The molecular weight excluding hydrogens is 245 g/mol. The molecule has 1 saturated carbocycles. The molecule has 0 spiro atoms. The fraction of sp³-hybridized carbons (Fsp3) is 0.533. The van der Waals surface area contributed by atoms with Gasteiger partial charge in [-0.3, -0.25) is 4.79 Å². The van der Waals surface area contributed by atoms with Gasteiger partial charge in [0.25, 0.3) is 5.91 Å². The quantitative estimate of drug-likeness (QED) is 0.876. The highest BCUT2D eigenvalue weighted by Crippen LogP contribution is 2.29. The van der Waals surface area contributed by atoms with Gasteiger partial charge in [0, 0.05) is 6.54 Å². The molecule has 1 aliphatic carbocycles. The number of benzene rings is 1. The summed E-state index contributed by atoms with van der Waals surface area (Å²) in [5, 5.41) is 12.9. The summed E-state index contributed by atoms with van der Waals surface area (Å²) in [4.78, 5) is 11.9. The summed E-state index contributed by atoms with van der Waals surface area (Å²) in [5.41, 5.74) is 0.728. The number of rotatable bonds is 4. The Bertz CT molecular complexity index is 467. The van der Waals surface area contributed by atoms with E-state index in [2.05, 4.69) is 5.32 Å². The number of carbonyl (C=O) groups excluding carboxylic acids is 1. The monoisotopic (exact) mass is 265 g/mol. The Morgan fingerprint density at radius 1 is 1.42 bits per heavy atom. The van der Waals surface area contributed by atoms with Crippen molar-refractivity contribution in [1.82, 2.24) is 5.32 Å². The molecule has 4 heteroatoms. The van der Waals surface area contributed by atoms with Crippen LogP contribution in [0.1, 0.15) is 36.8 Å². The normalized spacial score (nSPS) is 17.4. The highest BCUT2D eigenvalue weighted by Gasteiger charge is 2.38. The first-order valence-corrected chi connectivity index (χ1v) is 6.77. The van der Waals surface area contributed by atoms with E-state index < -0.39 is 5.60 Å². The van der Waals surface area contributed by atoms with Crippen LogP contribution in [-0.2, 0) is 11.2 Å². The first-order chi connectivity index (χ1) is 9.01. The lowest BCUT2D eigenvalue weighted by Gasteiger charge is -2.21. The van der Waals surface area contributed by atoms with Gasteiger partial charge in [-0.1, -0.05) is 6.07 Å². The second kappa shape index (κ2) is 5.70. The zero-order chi connectivity index (χ0) is 13.9. The van der Waals surface area contributed by atoms with E-state index in [1.807, 2.05) is 6.92 Å². The number of amides is 1. The van der Waals surface area contributed by atoms with Gasteiger partial charge in [-0.05, 0) is 62.3 Å². The predicted octanol–water partition coefficient (Wildman–Crippen LogP) is 2.10. The van der Waals surface area contributed by atoms with Crippen LogP contribution in [0.25, 0.3) is 0 Å². The number of aliphatic hydroxyl groups is 1. The van der Waals surface area contributed by atoms with Gasteiger partial charge < -0.3 is 10.4 Å². The van der Waals surface area contributed by atoms with Crippen LogP contribution < -0.4 is 5.32 Å². The molecule has 2 N–H and O–H groups in total. The molecule has 0 aromatic heterocycles. The van der Waals surface area contributed by atoms with Gasteiger partial charge in [-0.2, -0.15) is 0 Å². The third-order valence-electron chi connectivity index (χ3n) is 3.84. The second-order valence-electron chi connectivity index (χ2n) is 5.32. The molecule has 0 bridgehead atoms. The van der Waals surface area contributed by atoms with Crippen molar-refractivity contribution in [3.05, 3.63) is 35.1 Å². The minimum atomic E-state index is -1.17. The van der Waals surface area contributed by atoms with Gasteiger partial charge in [0.2, 0.25) is 0 Å². The van der Waals surface area contributed by atoms with E-state index in [0.29, 0.717) is 25.8 Å². The minimum absolute atomic E-state index is 0.245. The molecule has 1 amide bonds. The summed E-state index contributed by atoms with van der Waals surface area (Å²) in [7, 11) is 0. The average Bonchev–Trinajstić information content (AvgIpc) is 2.80. The van der Waals surface area contributed by atoms with Crippen molar-refractivity contribution in [3.8, 4) is 0 Å². The van der Waals surface area contributed by atoms with Crippen LogP contribution in [0.3, 0.4) is 0 Å². The molecule has 1 aromatic rings. The maximum atomic E-state index is 12.9. The molecule has 1 aromatic carbocycles. The molecule has 0 aliphatic heterocycles. The minimum Gasteiger partial charge on any atom is -0.380 e. The molecule has 0 radical (unpaired) electrons. The summed E-state index contributed by atoms with van der Waals surface area (Å²) in [5.74, 6) is -0.518. The molecular formula is C15H20FNO2. The number of halogens is 1. The number of aryl methyl sites for hydroxylation is 1. The largest absolute Gasteiger partial charge is 0.380 e. The lowest BCUT2D eigenvalue weighted by molar-refractivity contribution is -0.139. The summed E-state index contributed by atoms with van der Waals surface area (Å²) >= 11 is 0. The lowest BCUT2D eigenvalue weighted by Crippen LogP contribution is -2.45. The van der Waals surface area contributed by atoms with E-state index in [1.165, 1.54) is 12.1 Å². The van der Waals surface area contributed by atoms with Gasteiger partial charge in [0.1, 0.15) is 11.4 Å². The lowest BCUT2D eigenvalue weighted by atomic mass is 10.0. The van der Waals surface area contributed by atoms with Crippen molar-refractivity contribution in [1.29, 1.82) is 0 Å². The molecule has 0 unspecified atom stereocenters. The summed E-state index contributed by atoms with van der Waals surface area (Å²) in [6.07, 6.45) is 3.55. The third kappa shape index (κ3) is 3.32. The van der Waals surface area contributed by atoms with E-state index in [9.17, 15) is 14.3 Å². The Labute approximate surface area is 112 Å². The van der Waals surface area contributed by atoms with Crippen molar-refractivity contribution >= 4 is 5.91 Å². The van der Waals surface area contributed by atoms with Gasteiger partial charge >= 0.3 is 0 Å². The number of nitrogens with one attached hydrogen (secondary N) is 1. The Balaban J connectivity index is 1.85. The van der Waals surface area contributed by atoms with Crippen molar-refractivity contribution < 1.29 is 14.3 Å². The van der Waals surface area contributed by atoms with E-state index in [4.69, 9.17) is 0 Å². The Morgan fingerprint density at radius 2 is 2.11 bits per heavy atom. The number of hydrogen-bond acceptors (Lipinski definition) is 2. The molecule has 0 heterocycles. The average molecular weight is 265 g/mol. The third-order valence-corrected chi connectivity index (χ3v) is 3.84. The zero-order valence-electron chi connectivity index (χ0n) is 11.2. The van der Waals surface area contributed by atoms with Gasteiger partial charge in [-0.15, -0.1) is 0 Å². The zero-order valence-corrected chi connectivity index (χ0v) is 11.2. The molecule has 3 nitrogen and oxygen atoms in total. The molecule has 2 rings (SSSR count). The summed E-state index contributed by atoms with van der Waals surface area (Å²) < 4.78 is 12.9. The highest BCUT2D eigenvalue weighted by atomic mass is 19.1. The smallest absolute Gasteiger partial charge is 0.251 e. The van der Waals surface area contributed by atoms with Crippen molar-refractivity contribution in [2.75, 3.05) is 6.54 Å². The SMILES string of the molecule is Cc1cc(F)ccc1CCNC(=O)C1(O)CCCC1. The topological polar surface area (TPSA) is 49.3 Å². The van der Waals surface area contributed by atoms with Crippen LogP contribution >= 0.6 is 0 Å². The van der Waals surface area contributed by atoms with Crippen molar-refractivity contribution in [3.63, 3.8) is 0 Å². The van der Waals surface area contributed by atoms with Crippen LogP contribution in [0.4, 0.5) is 4.39 Å². The van der Waals surface area contributed by atoms with Crippen LogP contribution in [-0.4, -0.2) is 23.2 Å². The fourth-order valence-corrected chi connectivity index (χ4v) is 2.60. The molecule has 1 aliphatic rings. The first-order valence-electron chi connectivity index (χ1n) is 6.77. The Kier molecular flexibility index (Phi) is 4.20.